The highest BCUT2D eigenvalue weighted by molar-refractivity contribution is 7.98. The van der Waals surface area contributed by atoms with E-state index in [-0.39, 0.29) is 35.1 Å². The van der Waals surface area contributed by atoms with Crippen LogP contribution < -0.4 is 21.3 Å². The van der Waals surface area contributed by atoms with Crippen molar-refractivity contribution in [2.24, 2.45) is 11.6 Å². The number of ether oxygens (including phenoxy) is 2. The second-order valence-electron chi connectivity index (χ2n) is 9.31. The van der Waals surface area contributed by atoms with Crippen molar-refractivity contribution in [1.82, 2.24) is 9.55 Å². The summed E-state index contributed by atoms with van der Waals surface area (Å²) < 4.78 is 104. The lowest BCUT2D eigenvalue weighted by Crippen LogP contribution is -2.31. The van der Waals surface area contributed by atoms with Gasteiger partial charge in [-0.2, -0.15) is 13.2 Å². The summed E-state index contributed by atoms with van der Waals surface area (Å²) in [5.74, 6) is 5.51. The zero-order valence-corrected chi connectivity index (χ0v) is 24.2. The number of aryl methyl sites for hydroxylation is 1. The lowest BCUT2D eigenvalue weighted by Gasteiger charge is -2.26. The van der Waals surface area contributed by atoms with E-state index in [4.69, 9.17) is 16.3 Å². The summed E-state index contributed by atoms with van der Waals surface area (Å²) in [6, 6.07) is 12.3. The molecule has 0 aliphatic heterocycles. The molecule has 1 heterocycles. The molecule has 0 aliphatic carbocycles. The first-order chi connectivity index (χ1) is 20.7. The van der Waals surface area contributed by atoms with Crippen molar-refractivity contribution in [3.63, 3.8) is 0 Å². The van der Waals surface area contributed by atoms with Gasteiger partial charge in [0.15, 0.2) is 5.69 Å². The number of imidazole rings is 1. The molecule has 234 valence electrons. The summed E-state index contributed by atoms with van der Waals surface area (Å²) in [7, 11) is 1.44. The highest BCUT2D eigenvalue weighted by Crippen LogP contribution is 2.38. The fourth-order valence-electron chi connectivity index (χ4n) is 4.47. The zero-order valence-electron chi connectivity index (χ0n) is 23.4. The third-order valence-electron chi connectivity index (χ3n) is 6.46. The molecule has 0 saturated heterocycles. The van der Waals surface area contributed by atoms with E-state index in [1.54, 1.807) is 18.4 Å². The molecule has 0 saturated carbocycles. The van der Waals surface area contributed by atoms with Gasteiger partial charge in [0.2, 0.25) is 0 Å². The molecule has 44 heavy (non-hydrogen) atoms. The van der Waals surface area contributed by atoms with Crippen LogP contribution >= 0.6 is 11.8 Å². The smallest absolute Gasteiger partial charge is 0.406 e. The van der Waals surface area contributed by atoms with Crippen LogP contribution in [0.5, 0.6) is 5.75 Å². The summed E-state index contributed by atoms with van der Waals surface area (Å²) in [5, 5.41) is 1.07. The van der Waals surface area contributed by atoms with Crippen molar-refractivity contribution in [1.29, 1.82) is 0 Å². The minimum Gasteiger partial charge on any atom is -0.406 e. The normalized spacial score (nSPS) is 12.5. The van der Waals surface area contributed by atoms with Gasteiger partial charge < -0.3 is 19.8 Å². The van der Waals surface area contributed by atoms with E-state index in [2.05, 4.69) is 9.72 Å². The number of benzene rings is 3. The van der Waals surface area contributed by atoms with Gasteiger partial charge in [0, 0.05) is 35.5 Å². The van der Waals surface area contributed by atoms with E-state index < -0.39 is 29.8 Å². The quantitative estimate of drug-likeness (QED) is 0.0852. The van der Waals surface area contributed by atoms with Gasteiger partial charge in [0.05, 0.1) is 23.7 Å². The number of methoxy groups -OCH3 is 1. The number of anilines is 1. The minimum atomic E-state index is -4.90. The molecular formula is C29H26F7N5O2S. The molecule has 7 nitrogen and oxygen atoms in total. The van der Waals surface area contributed by atoms with Crippen LogP contribution in [0.2, 0.25) is 0 Å². The summed E-state index contributed by atoms with van der Waals surface area (Å²) >= 11 is 1.31. The van der Waals surface area contributed by atoms with E-state index in [9.17, 15) is 26.3 Å². The van der Waals surface area contributed by atoms with Crippen molar-refractivity contribution >= 4 is 23.1 Å². The van der Waals surface area contributed by atoms with Crippen LogP contribution in [0.15, 0.2) is 71.9 Å². The number of alkyl halides is 6. The molecule has 0 unspecified atom stereocenters. The first kappa shape index (κ1) is 32.7. The molecule has 0 radical (unpaired) electrons. The molecule has 0 spiro atoms. The maximum Gasteiger partial charge on any atom is 0.573 e. The molecule has 15 heteroatoms. The van der Waals surface area contributed by atoms with Crippen molar-refractivity contribution in [3.8, 4) is 22.6 Å². The molecular weight excluding hydrogens is 615 g/mol. The molecule has 0 fully saturated rings. The zero-order chi connectivity index (χ0) is 32.4. The Labute approximate surface area is 251 Å². The summed E-state index contributed by atoms with van der Waals surface area (Å²) in [6.07, 6.45) is -5.96. The number of halogens is 7. The molecule has 4 rings (SSSR count). The molecule has 3 aromatic carbocycles. The number of hydrogen-bond acceptors (Lipinski definition) is 7. The van der Waals surface area contributed by atoms with Gasteiger partial charge >= 0.3 is 12.5 Å². The Bertz CT molecular complexity index is 1670. The number of rotatable bonds is 9. The van der Waals surface area contributed by atoms with Gasteiger partial charge in [0.25, 0.3) is 0 Å². The summed E-state index contributed by atoms with van der Waals surface area (Å²) in [6.45, 7) is 1.42. The second-order valence-corrected chi connectivity index (χ2v) is 10.2. The molecule has 0 amide bonds. The van der Waals surface area contributed by atoms with Gasteiger partial charge in [-0.3, -0.25) is 5.01 Å². The van der Waals surface area contributed by atoms with Gasteiger partial charge in [-0.25, -0.2) is 15.2 Å². The molecule has 4 N–H and O–H groups in total. The Morgan fingerprint density at radius 2 is 1.70 bits per heavy atom. The van der Waals surface area contributed by atoms with Gasteiger partial charge in [-0.1, -0.05) is 6.07 Å². The SMILES string of the molecule is COCc1c(F)cc(-c2ccc(-n3cc(C(F)(F)F)nc3C)c(N(N)/C(=C\N)c3ccc(OC(F)(F)F)cc3)c2)cc1SC. The average molecular weight is 642 g/mol. The largest absolute Gasteiger partial charge is 0.573 e. The standard InChI is InChI=1S/C29H26F7N5O2S/c1-16-39-27(28(31,32)33)14-40(16)23-9-6-18(19-10-22(30)21(15-42-2)26(12-19)44-3)11-24(23)41(38)25(13-37)17-4-7-20(8-5-17)43-29(34,35)36/h4-14H,15,37-38H2,1-3H3/b25-13-. The van der Waals surface area contributed by atoms with E-state index >= 15 is 4.39 Å². The van der Waals surface area contributed by atoms with Crippen molar-refractivity contribution < 1.29 is 40.2 Å². The number of nitrogens with two attached hydrogens (primary N) is 2. The Kier molecular flexibility index (Phi) is 9.51. The van der Waals surface area contributed by atoms with Gasteiger partial charge in [-0.05, 0) is 72.8 Å². The van der Waals surface area contributed by atoms with Crippen LogP contribution in [0.4, 0.5) is 36.4 Å². The van der Waals surface area contributed by atoms with Crippen LogP contribution in [0.25, 0.3) is 22.5 Å². The van der Waals surface area contributed by atoms with Gasteiger partial charge in [-0.15, -0.1) is 24.9 Å². The molecule has 0 atom stereocenters. The first-order valence-corrected chi connectivity index (χ1v) is 13.9. The number of aromatic nitrogens is 2. The molecule has 4 aromatic rings. The van der Waals surface area contributed by atoms with Crippen molar-refractivity contribution in [3.05, 3.63) is 95.5 Å². The lowest BCUT2D eigenvalue weighted by molar-refractivity contribution is -0.274. The maximum absolute atomic E-state index is 15.1. The number of hydrazine groups is 1. The Morgan fingerprint density at radius 3 is 2.25 bits per heavy atom. The number of nitrogens with zero attached hydrogens (tertiary/aromatic N) is 3. The van der Waals surface area contributed by atoms with E-state index in [1.807, 2.05) is 0 Å². The van der Waals surface area contributed by atoms with Crippen LogP contribution in [-0.4, -0.2) is 29.3 Å². The summed E-state index contributed by atoms with van der Waals surface area (Å²) in [5.41, 5.74) is 6.64. The third kappa shape index (κ3) is 7.11. The van der Waals surface area contributed by atoms with Crippen molar-refractivity contribution in [2.75, 3.05) is 18.4 Å². The highest BCUT2D eigenvalue weighted by atomic mass is 32.2. The Balaban J connectivity index is 1.87. The van der Waals surface area contributed by atoms with Gasteiger partial charge in [0.1, 0.15) is 17.4 Å². The second kappa shape index (κ2) is 12.8. The maximum atomic E-state index is 15.1. The third-order valence-corrected chi connectivity index (χ3v) is 7.27. The van der Waals surface area contributed by atoms with Crippen molar-refractivity contribution in [2.45, 2.75) is 31.0 Å². The fraction of sp³-hybridized carbons (Fsp3) is 0.207. The first-order valence-electron chi connectivity index (χ1n) is 12.6. The monoisotopic (exact) mass is 641 g/mol. The van der Waals surface area contributed by atoms with Crippen LogP contribution in [0.1, 0.15) is 22.6 Å². The minimum absolute atomic E-state index is 0.00807. The van der Waals surface area contributed by atoms with E-state index in [0.29, 0.717) is 21.6 Å². The molecule has 1 aromatic heterocycles. The van der Waals surface area contributed by atoms with Crippen LogP contribution in [0, 0.1) is 12.7 Å². The topological polar surface area (TPSA) is 91.6 Å². The van der Waals surface area contributed by atoms with Crippen LogP contribution in [0.3, 0.4) is 0 Å². The Hall–Kier alpha value is -4.21. The van der Waals surface area contributed by atoms with E-state index in [1.165, 1.54) is 60.7 Å². The number of hydrogen-bond donors (Lipinski definition) is 2. The highest BCUT2D eigenvalue weighted by Gasteiger charge is 2.35. The lowest BCUT2D eigenvalue weighted by atomic mass is 10.0. The predicted octanol–water partition coefficient (Wildman–Crippen LogP) is 7.41. The number of thioether (sulfide) groups is 1. The molecule has 0 aliphatic rings. The molecule has 0 bridgehead atoms. The Morgan fingerprint density at radius 1 is 1.02 bits per heavy atom. The van der Waals surface area contributed by atoms with Crippen LogP contribution in [-0.2, 0) is 17.5 Å². The average Bonchev–Trinajstić information content (AvgIpc) is 3.36. The predicted molar refractivity (Wildman–Crippen MR) is 153 cm³/mol. The summed E-state index contributed by atoms with van der Waals surface area (Å²) in [4.78, 5) is 4.24. The van der Waals surface area contributed by atoms with E-state index in [0.717, 1.165) is 29.5 Å². The fourth-order valence-corrected chi connectivity index (χ4v) is 5.12.